The fourth-order valence-electron chi connectivity index (χ4n) is 2.82. The van der Waals surface area contributed by atoms with Crippen LogP contribution >= 0.6 is 15.9 Å². The van der Waals surface area contributed by atoms with Gasteiger partial charge in [0.2, 0.25) is 0 Å². The Morgan fingerprint density at radius 1 is 1.22 bits per heavy atom. The number of benzene rings is 2. The molecule has 0 saturated heterocycles. The quantitative estimate of drug-likeness (QED) is 0.558. The largest absolute Gasteiger partial charge is 0.306 e. The van der Waals surface area contributed by atoms with E-state index in [4.69, 9.17) is 0 Å². The van der Waals surface area contributed by atoms with Crippen LogP contribution in [-0.4, -0.2) is 19.7 Å². The summed E-state index contributed by atoms with van der Waals surface area (Å²) in [5.41, 5.74) is 3.42. The fourth-order valence-corrected chi connectivity index (χ4v) is 3.16. The maximum Gasteiger partial charge on any atom is 0.259 e. The number of H-pyrrole nitrogens is 1. The molecule has 1 N–H and O–H groups in total. The highest BCUT2D eigenvalue weighted by molar-refractivity contribution is 9.10. The Balaban J connectivity index is 2.00. The van der Waals surface area contributed by atoms with Gasteiger partial charge in [0.25, 0.3) is 5.56 Å². The van der Waals surface area contributed by atoms with Crippen molar-refractivity contribution in [2.75, 3.05) is 0 Å². The fraction of sp³-hybridized carbons (Fsp3) is 0.118. The van der Waals surface area contributed by atoms with Crippen LogP contribution in [0.15, 0.2) is 45.8 Å². The molecule has 0 saturated carbocycles. The number of aryl methyl sites for hydroxylation is 2. The second-order valence-corrected chi connectivity index (χ2v) is 6.53. The van der Waals surface area contributed by atoms with E-state index < -0.39 is 0 Å². The molecule has 0 aliphatic heterocycles. The van der Waals surface area contributed by atoms with Crippen LogP contribution in [0.3, 0.4) is 0 Å². The average Bonchev–Trinajstić information content (AvgIpc) is 2.87. The molecular weight excluding hydrogens is 356 g/mol. The van der Waals surface area contributed by atoms with Gasteiger partial charge in [0.05, 0.1) is 16.4 Å². The molecule has 0 radical (unpaired) electrons. The van der Waals surface area contributed by atoms with Gasteiger partial charge in [-0.15, -0.1) is 0 Å². The molecule has 114 valence electrons. The van der Waals surface area contributed by atoms with Gasteiger partial charge in [-0.05, 0) is 42.8 Å². The average molecular weight is 369 g/mol. The van der Waals surface area contributed by atoms with Crippen LogP contribution in [0.1, 0.15) is 5.56 Å². The summed E-state index contributed by atoms with van der Waals surface area (Å²) in [5, 5.41) is 6.05. The summed E-state index contributed by atoms with van der Waals surface area (Å²) in [6.45, 7) is 2.01. The third-order valence-corrected chi connectivity index (χ3v) is 4.35. The van der Waals surface area contributed by atoms with Crippen LogP contribution in [0.4, 0.5) is 0 Å². The highest BCUT2D eigenvalue weighted by Gasteiger charge is 2.10. The van der Waals surface area contributed by atoms with Crippen LogP contribution in [0, 0.1) is 6.92 Å². The third-order valence-electron chi connectivity index (χ3n) is 3.86. The molecule has 0 atom stereocenters. The standard InChI is InChI=1S/C17H13BrN4O/c1-9-5-10(6-11-8-22(2)21-15(9)11)16-19-14-7-12(18)3-4-13(14)17(23)20-16/h3-8H,1-2H3,(H,19,20,23). The lowest BCUT2D eigenvalue weighted by atomic mass is 10.1. The molecule has 4 aromatic rings. The number of aromatic amines is 1. The minimum atomic E-state index is -0.138. The van der Waals surface area contributed by atoms with Gasteiger partial charge in [0, 0.05) is 28.7 Å². The van der Waals surface area contributed by atoms with Crippen molar-refractivity contribution in [3.63, 3.8) is 0 Å². The van der Waals surface area contributed by atoms with E-state index in [0.717, 1.165) is 26.5 Å². The second kappa shape index (κ2) is 5.03. The van der Waals surface area contributed by atoms with E-state index in [1.807, 2.05) is 44.4 Å². The van der Waals surface area contributed by atoms with Crippen molar-refractivity contribution < 1.29 is 0 Å². The summed E-state index contributed by atoms with van der Waals surface area (Å²) in [6, 6.07) is 9.45. The summed E-state index contributed by atoms with van der Waals surface area (Å²) < 4.78 is 2.68. The van der Waals surface area contributed by atoms with Crippen molar-refractivity contribution >= 4 is 37.7 Å². The van der Waals surface area contributed by atoms with Crippen molar-refractivity contribution in [3.05, 3.63) is 56.9 Å². The Morgan fingerprint density at radius 2 is 2.04 bits per heavy atom. The lowest BCUT2D eigenvalue weighted by Crippen LogP contribution is -2.09. The molecule has 0 unspecified atom stereocenters. The Kier molecular flexibility index (Phi) is 3.09. The number of fused-ring (bicyclic) bond motifs is 2. The summed E-state index contributed by atoms with van der Waals surface area (Å²) in [6.07, 6.45) is 1.96. The molecule has 0 bridgehead atoms. The van der Waals surface area contributed by atoms with Crippen molar-refractivity contribution in [2.24, 2.45) is 7.05 Å². The maximum absolute atomic E-state index is 12.3. The molecule has 0 aliphatic carbocycles. The second-order valence-electron chi connectivity index (χ2n) is 5.61. The van der Waals surface area contributed by atoms with Gasteiger partial charge in [-0.25, -0.2) is 4.98 Å². The monoisotopic (exact) mass is 368 g/mol. The Bertz CT molecular complexity index is 1130. The molecule has 4 rings (SSSR count). The van der Waals surface area contributed by atoms with Crippen LogP contribution in [0.5, 0.6) is 0 Å². The predicted molar refractivity (Wildman–Crippen MR) is 94.5 cm³/mol. The lowest BCUT2D eigenvalue weighted by Gasteiger charge is -2.05. The first kappa shape index (κ1) is 14.1. The highest BCUT2D eigenvalue weighted by Crippen LogP contribution is 2.25. The number of hydrogen-bond donors (Lipinski definition) is 1. The SMILES string of the molecule is Cc1cc(-c2nc3cc(Br)ccc3c(=O)[nH]2)cc2cn(C)nc12. The normalized spacial score (nSPS) is 11.4. The van der Waals surface area contributed by atoms with Crippen LogP contribution in [-0.2, 0) is 7.05 Å². The molecule has 2 aromatic heterocycles. The number of hydrogen-bond acceptors (Lipinski definition) is 3. The number of nitrogens with zero attached hydrogens (tertiary/aromatic N) is 3. The van der Waals surface area contributed by atoms with Gasteiger partial charge in [-0.1, -0.05) is 15.9 Å². The summed E-state index contributed by atoms with van der Waals surface area (Å²) >= 11 is 3.42. The van der Waals surface area contributed by atoms with E-state index >= 15 is 0 Å². The van der Waals surface area contributed by atoms with E-state index in [0.29, 0.717) is 16.7 Å². The highest BCUT2D eigenvalue weighted by atomic mass is 79.9. The number of rotatable bonds is 1. The van der Waals surface area contributed by atoms with Gasteiger partial charge in [0.15, 0.2) is 0 Å². The Hall–Kier alpha value is -2.47. The molecule has 2 heterocycles. The van der Waals surface area contributed by atoms with E-state index in [-0.39, 0.29) is 5.56 Å². The van der Waals surface area contributed by atoms with Crippen molar-refractivity contribution in [1.82, 2.24) is 19.7 Å². The number of nitrogens with one attached hydrogen (secondary N) is 1. The summed E-state index contributed by atoms with van der Waals surface area (Å²) in [4.78, 5) is 19.8. The molecular formula is C17H13BrN4O. The van der Waals surface area contributed by atoms with E-state index in [1.165, 1.54) is 0 Å². The molecule has 0 amide bonds. The van der Waals surface area contributed by atoms with Gasteiger partial charge in [-0.3, -0.25) is 9.48 Å². The van der Waals surface area contributed by atoms with E-state index in [2.05, 4.69) is 31.0 Å². The third kappa shape index (κ3) is 2.35. The van der Waals surface area contributed by atoms with Crippen LogP contribution in [0.2, 0.25) is 0 Å². The zero-order valence-electron chi connectivity index (χ0n) is 12.6. The molecule has 6 heteroatoms. The van der Waals surface area contributed by atoms with Crippen molar-refractivity contribution in [1.29, 1.82) is 0 Å². The van der Waals surface area contributed by atoms with Gasteiger partial charge in [-0.2, -0.15) is 5.10 Å². The van der Waals surface area contributed by atoms with E-state index in [9.17, 15) is 4.79 Å². The Labute approximate surface area is 140 Å². The molecule has 0 spiro atoms. The predicted octanol–water partition coefficient (Wildman–Crippen LogP) is 3.55. The molecule has 0 aliphatic rings. The van der Waals surface area contributed by atoms with Gasteiger partial charge in [0.1, 0.15) is 5.82 Å². The summed E-state index contributed by atoms with van der Waals surface area (Å²) in [7, 11) is 1.90. The first-order valence-corrected chi connectivity index (χ1v) is 7.94. The zero-order chi connectivity index (χ0) is 16.1. The minimum absolute atomic E-state index is 0.138. The van der Waals surface area contributed by atoms with Crippen molar-refractivity contribution in [2.45, 2.75) is 6.92 Å². The smallest absolute Gasteiger partial charge is 0.259 e. The minimum Gasteiger partial charge on any atom is -0.306 e. The maximum atomic E-state index is 12.3. The van der Waals surface area contributed by atoms with Crippen LogP contribution < -0.4 is 5.56 Å². The first-order valence-electron chi connectivity index (χ1n) is 7.15. The molecule has 5 nitrogen and oxygen atoms in total. The van der Waals surface area contributed by atoms with Crippen LogP contribution in [0.25, 0.3) is 33.2 Å². The van der Waals surface area contributed by atoms with Gasteiger partial charge >= 0.3 is 0 Å². The molecule has 0 fully saturated rings. The molecule has 23 heavy (non-hydrogen) atoms. The zero-order valence-corrected chi connectivity index (χ0v) is 14.2. The van der Waals surface area contributed by atoms with E-state index in [1.54, 1.807) is 10.7 Å². The van der Waals surface area contributed by atoms with Gasteiger partial charge < -0.3 is 4.98 Å². The Morgan fingerprint density at radius 3 is 2.87 bits per heavy atom. The van der Waals surface area contributed by atoms with Crippen molar-refractivity contribution in [3.8, 4) is 11.4 Å². The number of aromatic nitrogens is 4. The summed E-state index contributed by atoms with van der Waals surface area (Å²) in [5.74, 6) is 0.564. The topological polar surface area (TPSA) is 63.6 Å². The first-order chi connectivity index (χ1) is 11.0. The number of halogens is 1. The lowest BCUT2D eigenvalue weighted by molar-refractivity contribution is 0.779. The molecule has 2 aromatic carbocycles.